The Bertz CT molecular complexity index is 580. The fraction of sp³-hybridized carbons (Fsp3) is 0.905. The van der Waals surface area contributed by atoms with E-state index in [1.807, 2.05) is 0 Å². The number of hydrogen-bond donors (Lipinski definition) is 0. The van der Waals surface area contributed by atoms with E-state index in [2.05, 4.69) is 27.7 Å². The maximum absolute atomic E-state index is 13.4. The molecule has 2 heteroatoms. The zero-order valence-corrected chi connectivity index (χ0v) is 15.3. The first-order valence-corrected chi connectivity index (χ1v) is 9.75. The monoisotopic (exact) mass is 316 g/mol. The van der Waals surface area contributed by atoms with E-state index in [-0.39, 0.29) is 22.2 Å². The zero-order chi connectivity index (χ0) is 16.7. The van der Waals surface area contributed by atoms with Crippen molar-refractivity contribution in [3.8, 4) is 0 Å². The van der Waals surface area contributed by atoms with Gasteiger partial charge in [-0.1, -0.05) is 40.5 Å². The molecule has 0 spiro atoms. The van der Waals surface area contributed by atoms with Crippen LogP contribution in [-0.2, 0) is 9.59 Å². The average Bonchev–Trinajstić information content (AvgIpc) is 2.71. The van der Waals surface area contributed by atoms with Crippen LogP contribution in [0.4, 0.5) is 0 Å². The van der Waals surface area contributed by atoms with Crippen LogP contribution in [0.15, 0.2) is 0 Å². The molecule has 128 valence electrons. The van der Waals surface area contributed by atoms with Crippen molar-refractivity contribution in [1.82, 2.24) is 0 Å². The quantitative estimate of drug-likeness (QED) is 0.634. The number of carbonyl (C=O) groups is 2. The highest BCUT2D eigenvalue weighted by atomic mass is 16.1. The van der Waals surface area contributed by atoms with Gasteiger partial charge in [0.05, 0.1) is 0 Å². The third-order valence-electron chi connectivity index (χ3n) is 9.55. The molecule has 0 aliphatic heterocycles. The van der Waals surface area contributed by atoms with Crippen LogP contribution in [0.3, 0.4) is 0 Å². The van der Waals surface area contributed by atoms with E-state index in [9.17, 15) is 9.59 Å². The summed E-state index contributed by atoms with van der Waals surface area (Å²) in [5.74, 6) is 1.67. The third-order valence-corrected chi connectivity index (χ3v) is 9.55. The zero-order valence-electron chi connectivity index (χ0n) is 15.3. The second kappa shape index (κ2) is 4.49. The molecule has 4 aliphatic carbocycles. The molecule has 0 bridgehead atoms. The molecule has 0 radical (unpaired) electrons. The SMILES string of the molecule is CC12CC(=O)C3[C@@]4(C)CCCCC4CC[C@@]3(C)[C@]1(C)CCC2=O. The minimum Gasteiger partial charge on any atom is -0.299 e. The molecule has 0 heterocycles. The Balaban J connectivity index is 1.86. The number of fused-ring (bicyclic) bond motifs is 5. The normalized spacial score (nSPS) is 56.0. The van der Waals surface area contributed by atoms with Crippen LogP contribution in [0.25, 0.3) is 0 Å². The average molecular weight is 316 g/mol. The lowest BCUT2D eigenvalue weighted by Crippen LogP contribution is -2.65. The number of rotatable bonds is 0. The van der Waals surface area contributed by atoms with Crippen LogP contribution in [0.5, 0.6) is 0 Å². The predicted octanol–water partition coefficient (Wildman–Crippen LogP) is 4.95. The van der Waals surface area contributed by atoms with Crippen LogP contribution in [0.2, 0.25) is 0 Å². The summed E-state index contributed by atoms with van der Waals surface area (Å²) in [6.45, 7) is 9.25. The van der Waals surface area contributed by atoms with Crippen LogP contribution in [0.1, 0.15) is 85.5 Å². The van der Waals surface area contributed by atoms with E-state index in [1.165, 1.54) is 32.1 Å². The van der Waals surface area contributed by atoms with Gasteiger partial charge in [0.2, 0.25) is 0 Å². The van der Waals surface area contributed by atoms with Gasteiger partial charge in [0.25, 0.3) is 0 Å². The summed E-state index contributed by atoms with van der Waals surface area (Å²) in [5, 5.41) is 0. The van der Waals surface area contributed by atoms with Gasteiger partial charge in [-0.25, -0.2) is 0 Å². The molecule has 4 saturated carbocycles. The van der Waals surface area contributed by atoms with E-state index in [4.69, 9.17) is 0 Å². The number of carbonyl (C=O) groups excluding carboxylic acids is 2. The number of hydrogen-bond acceptors (Lipinski definition) is 2. The molecule has 23 heavy (non-hydrogen) atoms. The van der Waals surface area contributed by atoms with Crippen molar-refractivity contribution in [2.45, 2.75) is 85.5 Å². The highest BCUT2D eigenvalue weighted by Crippen LogP contribution is 2.74. The summed E-state index contributed by atoms with van der Waals surface area (Å²) < 4.78 is 0. The van der Waals surface area contributed by atoms with E-state index in [0.29, 0.717) is 24.4 Å². The molecular formula is C21H32O2. The third kappa shape index (κ3) is 1.61. The Labute approximate surface area is 140 Å². The van der Waals surface area contributed by atoms with Gasteiger partial charge in [-0.2, -0.15) is 0 Å². The maximum Gasteiger partial charge on any atom is 0.139 e. The highest BCUT2D eigenvalue weighted by molar-refractivity contribution is 5.96. The fourth-order valence-corrected chi connectivity index (χ4v) is 7.83. The van der Waals surface area contributed by atoms with E-state index >= 15 is 0 Å². The van der Waals surface area contributed by atoms with Crippen molar-refractivity contribution < 1.29 is 9.59 Å². The minimum absolute atomic E-state index is 0.00108. The van der Waals surface area contributed by atoms with Gasteiger partial charge in [0, 0.05) is 24.2 Å². The molecule has 0 aromatic rings. The Kier molecular flexibility index (Phi) is 3.09. The molecule has 0 aromatic heterocycles. The Morgan fingerprint density at radius 1 is 0.913 bits per heavy atom. The second-order valence-electron chi connectivity index (χ2n) is 10.1. The van der Waals surface area contributed by atoms with Gasteiger partial charge in [0.1, 0.15) is 11.6 Å². The Hall–Kier alpha value is -0.660. The van der Waals surface area contributed by atoms with Crippen molar-refractivity contribution in [1.29, 1.82) is 0 Å². The molecule has 0 saturated heterocycles. The molecule has 3 unspecified atom stereocenters. The summed E-state index contributed by atoms with van der Waals surface area (Å²) in [6.07, 6.45) is 9.72. The van der Waals surface area contributed by atoms with Gasteiger partial charge >= 0.3 is 0 Å². The van der Waals surface area contributed by atoms with Crippen molar-refractivity contribution in [3.05, 3.63) is 0 Å². The van der Waals surface area contributed by atoms with E-state index in [1.54, 1.807) is 0 Å². The van der Waals surface area contributed by atoms with Crippen LogP contribution in [-0.4, -0.2) is 11.6 Å². The van der Waals surface area contributed by atoms with Gasteiger partial charge in [0.15, 0.2) is 0 Å². The molecule has 4 aliphatic rings. The molecule has 4 fully saturated rings. The van der Waals surface area contributed by atoms with Crippen molar-refractivity contribution in [2.24, 2.45) is 33.5 Å². The van der Waals surface area contributed by atoms with Gasteiger partial charge in [-0.3, -0.25) is 9.59 Å². The largest absolute Gasteiger partial charge is 0.299 e. The minimum atomic E-state index is -0.410. The molecule has 0 amide bonds. The molecule has 2 nitrogen and oxygen atoms in total. The van der Waals surface area contributed by atoms with Crippen LogP contribution < -0.4 is 0 Å². The smallest absolute Gasteiger partial charge is 0.139 e. The standard InChI is InChI=1S/C21H32O2/c1-18-10-6-5-7-14(18)8-11-19(2)17(18)15(22)13-20(3)16(23)9-12-21(19,20)4/h14,17H,5-13H2,1-4H3/t14?,17?,18-,19+,20?,21-/m0/s1. The topological polar surface area (TPSA) is 34.1 Å². The Morgan fingerprint density at radius 3 is 2.39 bits per heavy atom. The lowest BCUT2D eigenvalue weighted by molar-refractivity contribution is -0.201. The first-order valence-electron chi connectivity index (χ1n) is 9.75. The second-order valence-corrected chi connectivity index (χ2v) is 10.1. The first-order chi connectivity index (χ1) is 10.7. The molecular weight excluding hydrogens is 284 g/mol. The van der Waals surface area contributed by atoms with Crippen molar-refractivity contribution in [2.75, 3.05) is 0 Å². The summed E-state index contributed by atoms with van der Waals surface area (Å²) in [6, 6.07) is 0. The highest BCUT2D eigenvalue weighted by Gasteiger charge is 2.72. The predicted molar refractivity (Wildman–Crippen MR) is 91.0 cm³/mol. The van der Waals surface area contributed by atoms with Crippen LogP contribution in [0, 0.1) is 33.5 Å². The van der Waals surface area contributed by atoms with Gasteiger partial charge < -0.3 is 0 Å². The Morgan fingerprint density at radius 2 is 1.65 bits per heavy atom. The number of ketones is 2. The fourth-order valence-electron chi connectivity index (χ4n) is 7.83. The van der Waals surface area contributed by atoms with E-state index < -0.39 is 5.41 Å². The lowest BCUT2D eigenvalue weighted by Gasteiger charge is -2.67. The van der Waals surface area contributed by atoms with Crippen molar-refractivity contribution in [3.63, 3.8) is 0 Å². The summed E-state index contributed by atoms with van der Waals surface area (Å²) in [5.41, 5.74) is -0.224. The van der Waals surface area contributed by atoms with Crippen molar-refractivity contribution >= 4 is 11.6 Å². The molecule has 0 aromatic carbocycles. The maximum atomic E-state index is 13.4. The summed E-state index contributed by atoms with van der Waals surface area (Å²) in [7, 11) is 0. The van der Waals surface area contributed by atoms with Gasteiger partial charge in [-0.15, -0.1) is 0 Å². The summed E-state index contributed by atoms with van der Waals surface area (Å²) >= 11 is 0. The lowest BCUT2D eigenvalue weighted by atomic mass is 9.35. The first kappa shape index (κ1) is 15.8. The molecule has 6 atom stereocenters. The molecule has 0 N–H and O–H groups in total. The van der Waals surface area contributed by atoms with Crippen LogP contribution >= 0.6 is 0 Å². The van der Waals surface area contributed by atoms with Gasteiger partial charge in [-0.05, 0) is 54.3 Å². The number of Topliss-reactive ketones (excluding diaryl/α,β-unsaturated/α-hetero) is 2. The molecule has 4 rings (SSSR count). The summed E-state index contributed by atoms with van der Waals surface area (Å²) in [4.78, 5) is 26.1. The van der Waals surface area contributed by atoms with E-state index in [0.717, 1.165) is 18.8 Å².